The number of nitrogens with zero attached hydrogens (tertiary/aromatic N) is 2. The van der Waals surface area contributed by atoms with E-state index in [-0.39, 0.29) is 11.9 Å². The number of carbonyl (C=O) groups excluding carboxylic acids is 1. The second-order valence-electron chi connectivity index (χ2n) is 5.01. The number of hydrogen-bond donors (Lipinski definition) is 2. The second-order valence-corrected chi connectivity index (χ2v) is 5.01. The fourth-order valence-corrected chi connectivity index (χ4v) is 2.73. The summed E-state index contributed by atoms with van der Waals surface area (Å²) >= 11 is 0. The molecule has 0 radical (unpaired) electrons. The van der Waals surface area contributed by atoms with E-state index >= 15 is 0 Å². The first-order valence-corrected chi connectivity index (χ1v) is 6.50. The molecule has 3 unspecified atom stereocenters. The molecule has 0 aromatic carbocycles. The predicted octanol–water partition coefficient (Wildman–Crippen LogP) is 1.61. The van der Waals surface area contributed by atoms with Gasteiger partial charge in [0.2, 0.25) is 0 Å². The zero-order valence-electron chi connectivity index (χ0n) is 10.9. The van der Waals surface area contributed by atoms with Gasteiger partial charge in [-0.25, -0.2) is 9.97 Å². The van der Waals surface area contributed by atoms with Gasteiger partial charge >= 0.3 is 0 Å². The van der Waals surface area contributed by atoms with Crippen LogP contribution in [0.4, 0.5) is 5.82 Å². The lowest BCUT2D eigenvalue weighted by Gasteiger charge is -2.20. The summed E-state index contributed by atoms with van der Waals surface area (Å²) in [7, 11) is 0. The van der Waals surface area contributed by atoms with Gasteiger partial charge in [0.05, 0.1) is 12.4 Å². The van der Waals surface area contributed by atoms with Crippen molar-refractivity contribution in [2.45, 2.75) is 39.2 Å². The van der Waals surface area contributed by atoms with Crippen LogP contribution in [0.25, 0.3) is 0 Å². The molecule has 1 aromatic heterocycles. The number of anilines is 1. The van der Waals surface area contributed by atoms with Crippen molar-refractivity contribution in [1.29, 1.82) is 0 Å². The van der Waals surface area contributed by atoms with Crippen LogP contribution in [0.2, 0.25) is 0 Å². The molecule has 1 amide bonds. The van der Waals surface area contributed by atoms with Crippen LogP contribution in [0.15, 0.2) is 12.4 Å². The lowest BCUT2D eigenvalue weighted by Crippen LogP contribution is -2.38. The molecule has 3 N–H and O–H groups in total. The van der Waals surface area contributed by atoms with E-state index in [2.05, 4.69) is 29.1 Å². The van der Waals surface area contributed by atoms with Gasteiger partial charge in [0.15, 0.2) is 0 Å². The fraction of sp³-hybridized carbons (Fsp3) is 0.615. The SMILES string of the molecule is CCC1CCC(NC(=O)c2cnc(N)cn2)C1C. The molecule has 18 heavy (non-hydrogen) atoms. The zero-order valence-corrected chi connectivity index (χ0v) is 10.9. The van der Waals surface area contributed by atoms with E-state index in [4.69, 9.17) is 5.73 Å². The van der Waals surface area contributed by atoms with Crippen LogP contribution < -0.4 is 11.1 Å². The van der Waals surface area contributed by atoms with Gasteiger partial charge in [-0.1, -0.05) is 20.3 Å². The summed E-state index contributed by atoms with van der Waals surface area (Å²) in [6.07, 6.45) is 6.24. The Morgan fingerprint density at radius 2 is 2.22 bits per heavy atom. The summed E-state index contributed by atoms with van der Waals surface area (Å²) in [4.78, 5) is 19.9. The first kappa shape index (κ1) is 12.8. The lowest BCUT2D eigenvalue weighted by atomic mass is 9.93. The van der Waals surface area contributed by atoms with Gasteiger partial charge in [0.25, 0.3) is 5.91 Å². The van der Waals surface area contributed by atoms with Crippen molar-refractivity contribution >= 4 is 11.7 Å². The molecule has 98 valence electrons. The summed E-state index contributed by atoms with van der Waals surface area (Å²) in [5.41, 5.74) is 5.77. The van der Waals surface area contributed by atoms with Gasteiger partial charge in [0, 0.05) is 6.04 Å². The molecule has 1 fully saturated rings. The first-order valence-electron chi connectivity index (χ1n) is 6.50. The highest BCUT2D eigenvalue weighted by molar-refractivity contribution is 5.92. The number of carbonyl (C=O) groups is 1. The van der Waals surface area contributed by atoms with Crippen molar-refractivity contribution in [2.24, 2.45) is 11.8 Å². The van der Waals surface area contributed by atoms with E-state index in [0.29, 0.717) is 23.3 Å². The van der Waals surface area contributed by atoms with Crippen LogP contribution >= 0.6 is 0 Å². The predicted molar refractivity (Wildman–Crippen MR) is 69.9 cm³/mol. The molecule has 1 saturated carbocycles. The van der Waals surface area contributed by atoms with Crippen molar-refractivity contribution in [2.75, 3.05) is 5.73 Å². The van der Waals surface area contributed by atoms with Crippen molar-refractivity contribution in [3.05, 3.63) is 18.1 Å². The molecule has 3 atom stereocenters. The van der Waals surface area contributed by atoms with Gasteiger partial charge in [-0.3, -0.25) is 4.79 Å². The fourth-order valence-electron chi connectivity index (χ4n) is 2.73. The minimum absolute atomic E-state index is 0.156. The molecule has 1 aliphatic carbocycles. The lowest BCUT2D eigenvalue weighted by molar-refractivity contribution is 0.0921. The number of aromatic nitrogens is 2. The molecule has 2 rings (SSSR count). The Balaban J connectivity index is 1.98. The van der Waals surface area contributed by atoms with Crippen molar-refractivity contribution in [3.8, 4) is 0 Å². The average Bonchev–Trinajstić information content (AvgIpc) is 2.71. The maximum atomic E-state index is 12.0. The summed E-state index contributed by atoms with van der Waals surface area (Å²) < 4.78 is 0. The van der Waals surface area contributed by atoms with Crippen LogP contribution in [-0.2, 0) is 0 Å². The molecular formula is C13H20N4O. The highest BCUT2D eigenvalue weighted by Gasteiger charge is 2.32. The van der Waals surface area contributed by atoms with Crippen molar-refractivity contribution in [3.63, 3.8) is 0 Å². The van der Waals surface area contributed by atoms with E-state index in [1.807, 2.05) is 0 Å². The Labute approximate surface area is 107 Å². The third kappa shape index (κ3) is 2.60. The van der Waals surface area contributed by atoms with Crippen LogP contribution in [0.3, 0.4) is 0 Å². The smallest absolute Gasteiger partial charge is 0.271 e. The Morgan fingerprint density at radius 3 is 2.78 bits per heavy atom. The molecule has 5 heteroatoms. The Kier molecular flexibility index (Phi) is 3.79. The monoisotopic (exact) mass is 248 g/mol. The van der Waals surface area contributed by atoms with Crippen LogP contribution in [-0.4, -0.2) is 21.9 Å². The molecule has 0 aliphatic heterocycles. The number of hydrogen-bond acceptors (Lipinski definition) is 4. The number of nitrogens with one attached hydrogen (secondary N) is 1. The minimum atomic E-state index is -0.156. The minimum Gasteiger partial charge on any atom is -0.382 e. The number of amides is 1. The van der Waals surface area contributed by atoms with Crippen molar-refractivity contribution in [1.82, 2.24) is 15.3 Å². The van der Waals surface area contributed by atoms with Gasteiger partial charge in [-0.15, -0.1) is 0 Å². The van der Waals surface area contributed by atoms with E-state index in [9.17, 15) is 4.79 Å². The number of nitrogen functional groups attached to an aromatic ring is 1. The summed E-state index contributed by atoms with van der Waals surface area (Å²) in [6.45, 7) is 4.41. The van der Waals surface area contributed by atoms with Crippen molar-refractivity contribution < 1.29 is 4.79 Å². The summed E-state index contributed by atoms with van der Waals surface area (Å²) in [6, 6.07) is 0.252. The third-order valence-corrected chi connectivity index (χ3v) is 3.97. The number of rotatable bonds is 3. The second kappa shape index (κ2) is 5.33. The maximum Gasteiger partial charge on any atom is 0.271 e. The molecule has 0 spiro atoms. The van der Waals surface area contributed by atoms with Gasteiger partial charge in [-0.2, -0.15) is 0 Å². The Bertz CT molecular complexity index is 418. The maximum absolute atomic E-state index is 12.0. The molecule has 1 heterocycles. The van der Waals surface area contributed by atoms with Gasteiger partial charge in [0.1, 0.15) is 11.5 Å². The Hall–Kier alpha value is -1.65. The molecular weight excluding hydrogens is 228 g/mol. The van der Waals surface area contributed by atoms with Crippen LogP contribution in [0.5, 0.6) is 0 Å². The molecule has 1 aromatic rings. The topological polar surface area (TPSA) is 80.9 Å². The zero-order chi connectivity index (χ0) is 13.1. The largest absolute Gasteiger partial charge is 0.382 e. The highest BCUT2D eigenvalue weighted by Crippen LogP contribution is 2.33. The molecule has 0 saturated heterocycles. The normalized spacial score (nSPS) is 27.1. The highest BCUT2D eigenvalue weighted by atomic mass is 16.1. The summed E-state index contributed by atoms with van der Waals surface area (Å²) in [5, 5.41) is 3.05. The Morgan fingerprint density at radius 1 is 1.44 bits per heavy atom. The van der Waals surface area contributed by atoms with Gasteiger partial charge < -0.3 is 11.1 Å². The summed E-state index contributed by atoms with van der Waals surface area (Å²) in [5.74, 6) is 1.41. The quantitative estimate of drug-likeness (QED) is 0.851. The van der Waals surface area contributed by atoms with Crippen LogP contribution in [0.1, 0.15) is 43.6 Å². The number of nitrogens with two attached hydrogens (primary N) is 1. The first-order chi connectivity index (χ1) is 8.61. The average molecular weight is 248 g/mol. The third-order valence-electron chi connectivity index (χ3n) is 3.97. The standard InChI is InChI=1S/C13H20N4O/c1-3-9-4-5-10(8(9)2)17-13(18)11-6-16-12(14)7-15-11/h6-10H,3-5H2,1-2H3,(H2,14,16)(H,17,18). The van der Waals surface area contributed by atoms with E-state index in [0.717, 1.165) is 6.42 Å². The van der Waals surface area contributed by atoms with E-state index in [1.165, 1.54) is 25.2 Å². The molecule has 1 aliphatic rings. The van der Waals surface area contributed by atoms with E-state index < -0.39 is 0 Å². The van der Waals surface area contributed by atoms with Crippen LogP contribution in [0, 0.1) is 11.8 Å². The van der Waals surface area contributed by atoms with Gasteiger partial charge in [-0.05, 0) is 24.7 Å². The molecule has 5 nitrogen and oxygen atoms in total. The molecule has 0 bridgehead atoms. The van der Waals surface area contributed by atoms with E-state index in [1.54, 1.807) is 0 Å².